The summed E-state index contributed by atoms with van der Waals surface area (Å²) in [5, 5.41) is 0.720. The molecule has 0 amide bonds. The van der Waals surface area contributed by atoms with Crippen molar-refractivity contribution in [2.24, 2.45) is 5.92 Å². The summed E-state index contributed by atoms with van der Waals surface area (Å²) in [5.74, 6) is -1.99. The molecule has 1 saturated carbocycles. The molecule has 2 rings (SSSR count). The molecule has 0 aliphatic heterocycles. The van der Waals surface area contributed by atoms with E-state index in [0.29, 0.717) is 6.07 Å². The lowest BCUT2D eigenvalue weighted by atomic mass is 9.87. The number of nitrogens with one attached hydrogen (secondary N) is 1. The summed E-state index contributed by atoms with van der Waals surface area (Å²) in [6.07, 6.45) is 3.77. The Balaban J connectivity index is 2.19. The highest BCUT2D eigenvalue weighted by atomic mass is 79.9. The Labute approximate surface area is 125 Å². The third kappa shape index (κ3) is 3.56. The van der Waals surface area contributed by atoms with E-state index in [0.717, 1.165) is 43.1 Å². The Morgan fingerprint density at radius 1 is 1.20 bits per heavy atom. The Hall–Kier alpha value is -0.530. The van der Waals surface area contributed by atoms with Gasteiger partial charge in [-0.25, -0.2) is 21.9 Å². The predicted molar refractivity (Wildman–Crippen MR) is 76.2 cm³/mol. The monoisotopic (exact) mass is 367 g/mol. The van der Waals surface area contributed by atoms with Crippen LogP contribution >= 0.6 is 15.9 Å². The average molecular weight is 368 g/mol. The zero-order valence-corrected chi connectivity index (χ0v) is 13.2. The first-order chi connectivity index (χ1) is 9.44. The van der Waals surface area contributed by atoms with Crippen molar-refractivity contribution < 1.29 is 17.2 Å². The molecule has 1 aliphatic rings. The maximum atomic E-state index is 13.2. The number of benzene rings is 1. The lowest BCUT2D eigenvalue weighted by molar-refractivity contribution is 0.316. The van der Waals surface area contributed by atoms with Gasteiger partial charge in [0.25, 0.3) is 0 Å². The molecular weight excluding hydrogens is 352 g/mol. The number of alkyl halides is 1. The second-order valence-electron chi connectivity index (χ2n) is 5.00. The van der Waals surface area contributed by atoms with E-state index < -0.39 is 21.7 Å². The summed E-state index contributed by atoms with van der Waals surface area (Å²) in [6.45, 7) is 0. The molecule has 0 bridgehead atoms. The fraction of sp³-hybridized carbons (Fsp3) is 0.538. The molecule has 1 fully saturated rings. The van der Waals surface area contributed by atoms with Crippen molar-refractivity contribution in [3.8, 4) is 0 Å². The molecule has 1 aromatic rings. The molecule has 0 saturated heterocycles. The van der Waals surface area contributed by atoms with Gasteiger partial charge in [-0.1, -0.05) is 28.8 Å². The highest BCUT2D eigenvalue weighted by Gasteiger charge is 2.29. The summed E-state index contributed by atoms with van der Waals surface area (Å²) < 4.78 is 53.1. The molecular formula is C13H16BrF2NO2S. The zero-order valence-electron chi connectivity index (χ0n) is 10.8. The van der Waals surface area contributed by atoms with Crippen molar-refractivity contribution in [1.82, 2.24) is 4.72 Å². The quantitative estimate of drug-likeness (QED) is 0.830. The molecule has 7 heteroatoms. The lowest BCUT2D eigenvalue weighted by Crippen LogP contribution is -2.42. The average Bonchev–Trinajstić information content (AvgIpc) is 2.42. The topological polar surface area (TPSA) is 46.2 Å². The number of hydrogen-bond acceptors (Lipinski definition) is 2. The summed E-state index contributed by atoms with van der Waals surface area (Å²) in [6, 6.07) is 2.45. The van der Waals surface area contributed by atoms with Gasteiger partial charge >= 0.3 is 0 Å². The zero-order chi connectivity index (χ0) is 14.8. The maximum absolute atomic E-state index is 13.2. The first kappa shape index (κ1) is 15.9. The number of hydrogen-bond donors (Lipinski definition) is 1. The standard InChI is InChI=1S/C13H16BrF2NO2S/c14-8-9-3-1-2-4-13(9)17-20(18,19)10-5-6-11(15)12(16)7-10/h5-7,9,13,17H,1-4,8H2. The predicted octanol–water partition coefficient (Wildman–Crippen LogP) is 3.20. The van der Waals surface area contributed by atoms with Crippen molar-refractivity contribution in [2.75, 3.05) is 5.33 Å². The van der Waals surface area contributed by atoms with Crippen LogP contribution in [-0.2, 0) is 10.0 Å². The van der Waals surface area contributed by atoms with Gasteiger partial charge in [-0.15, -0.1) is 0 Å². The molecule has 0 aromatic heterocycles. The van der Waals surface area contributed by atoms with Crippen LogP contribution in [0.25, 0.3) is 0 Å². The smallest absolute Gasteiger partial charge is 0.208 e. The van der Waals surface area contributed by atoms with Gasteiger partial charge in [0, 0.05) is 11.4 Å². The van der Waals surface area contributed by atoms with Crippen LogP contribution < -0.4 is 4.72 Å². The molecule has 1 N–H and O–H groups in total. The first-order valence-electron chi connectivity index (χ1n) is 6.47. The Morgan fingerprint density at radius 2 is 1.90 bits per heavy atom. The molecule has 112 valence electrons. The molecule has 1 aromatic carbocycles. The van der Waals surface area contributed by atoms with Crippen molar-refractivity contribution in [3.63, 3.8) is 0 Å². The normalized spacial score (nSPS) is 23.8. The van der Waals surface area contributed by atoms with E-state index in [-0.39, 0.29) is 16.9 Å². The fourth-order valence-electron chi connectivity index (χ4n) is 2.46. The third-order valence-corrected chi connectivity index (χ3v) is 5.93. The van der Waals surface area contributed by atoms with E-state index >= 15 is 0 Å². The fourth-order valence-corrected chi connectivity index (χ4v) is 4.58. The van der Waals surface area contributed by atoms with Crippen molar-refractivity contribution >= 4 is 26.0 Å². The largest absolute Gasteiger partial charge is 0.240 e. The number of sulfonamides is 1. The van der Waals surface area contributed by atoms with E-state index in [4.69, 9.17) is 0 Å². The van der Waals surface area contributed by atoms with Crippen LogP contribution in [-0.4, -0.2) is 19.8 Å². The van der Waals surface area contributed by atoms with E-state index in [2.05, 4.69) is 20.7 Å². The van der Waals surface area contributed by atoms with Crippen LogP contribution in [0.4, 0.5) is 8.78 Å². The maximum Gasteiger partial charge on any atom is 0.240 e. The molecule has 1 aliphatic carbocycles. The van der Waals surface area contributed by atoms with Gasteiger partial charge in [0.15, 0.2) is 11.6 Å². The summed E-state index contributed by atoms with van der Waals surface area (Å²) >= 11 is 3.39. The second kappa shape index (κ2) is 6.49. The van der Waals surface area contributed by atoms with Gasteiger partial charge in [0.2, 0.25) is 10.0 Å². The van der Waals surface area contributed by atoms with Crippen molar-refractivity contribution in [2.45, 2.75) is 36.6 Å². The van der Waals surface area contributed by atoms with Gasteiger partial charge < -0.3 is 0 Å². The molecule has 3 nitrogen and oxygen atoms in total. The van der Waals surface area contributed by atoms with Gasteiger partial charge in [-0.2, -0.15) is 0 Å². The first-order valence-corrected chi connectivity index (χ1v) is 9.08. The SMILES string of the molecule is O=S(=O)(NC1CCCCC1CBr)c1ccc(F)c(F)c1. The molecule has 2 unspecified atom stereocenters. The van der Waals surface area contributed by atoms with Gasteiger partial charge in [0.1, 0.15) is 0 Å². The van der Waals surface area contributed by atoms with Gasteiger partial charge in [0.05, 0.1) is 4.90 Å². The van der Waals surface area contributed by atoms with Crippen LogP contribution in [0.2, 0.25) is 0 Å². The summed E-state index contributed by atoms with van der Waals surface area (Å²) in [7, 11) is -3.82. The molecule has 0 spiro atoms. The minimum absolute atomic E-state index is 0.166. The summed E-state index contributed by atoms with van der Waals surface area (Å²) in [4.78, 5) is -0.240. The van der Waals surface area contributed by atoms with Crippen LogP contribution in [0.5, 0.6) is 0 Å². The van der Waals surface area contributed by atoms with Crippen molar-refractivity contribution in [1.29, 1.82) is 0 Å². The second-order valence-corrected chi connectivity index (χ2v) is 7.36. The van der Waals surface area contributed by atoms with Gasteiger partial charge in [-0.05, 0) is 37.0 Å². The number of rotatable bonds is 4. The molecule has 2 atom stereocenters. The minimum Gasteiger partial charge on any atom is -0.208 e. The number of halogens is 3. The van der Waals surface area contributed by atoms with E-state index in [1.54, 1.807) is 0 Å². The van der Waals surface area contributed by atoms with Crippen molar-refractivity contribution in [3.05, 3.63) is 29.8 Å². The van der Waals surface area contributed by atoms with Crippen LogP contribution in [0.3, 0.4) is 0 Å². The molecule has 20 heavy (non-hydrogen) atoms. The third-order valence-electron chi connectivity index (χ3n) is 3.62. The highest BCUT2D eigenvalue weighted by molar-refractivity contribution is 9.09. The Bertz CT molecular complexity index is 580. The van der Waals surface area contributed by atoms with E-state index in [9.17, 15) is 17.2 Å². The van der Waals surface area contributed by atoms with Crippen LogP contribution in [0.15, 0.2) is 23.1 Å². The minimum atomic E-state index is -3.82. The highest BCUT2D eigenvalue weighted by Crippen LogP contribution is 2.27. The van der Waals surface area contributed by atoms with Crippen LogP contribution in [0, 0.1) is 17.6 Å². The summed E-state index contributed by atoms with van der Waals surface area (Å²) in [5.41, 5.74) is 0. The van der Waals surface area contributed by atoms with Crippen LogP contribution in [0.1, 0.15) is 25.7 Å². The molecule has 0 radical (unpaired) electrons. The van der Waals surface area contributed by atoms with E-state index in [1.807, 2.05) is 0 Å². The molecule has 0 heterocycles. The Kier molecular flexibility index (Phi) is 5.14. The lowest BCUT2D eigenvalue weighted by Gasteiger charge is -2.30. The Morgan fingerprint density at radius 3 is 2.55 bits per heavy atom. The van der Waals surface area contributed by atoms with Gasteiger partial charge in [-0.3, -0.25) is 0 Å². The van der Waals surface area contributed by atoms with E-state index in [1.165, 1.54) is 0 Å².